The van der Waals surface area contributed by atoms with E-state index in [1.54, 1.807) is 0 Å². The van der Waals surface area contributed by atoms with Crippen LogP contribution in [-0.4, -0.2) is 42.9 Å². The number of nitrogens with one attached hydrogen (secondary N) is 2. The van der Waals surface area contributed by atoms with Gasteiger partial charge in [-0.25, -0.2) is 0 Å². The van der Waals surface area contributed by atoms with E-state index in [0.29, 0.717) is 6.54 Å². The SMILES string of the molecule is CCN(CC)CCCNC(=O)C(=O)NC(C)c1ccccc1. The van der Waals surface area contributed by atoms with Gasteiger partial charge in [-0.3, -0.25) is 9.59 Å². The zero-order chi connectivity index (χ0) is 16.4. The highest BCUT2D eigenvalue weighted by Gasteiger charge is 2.16. The normalized spacial score (nSPS) is 12.0. The van der Waals surface area contributed by atoms with Crippen LogP contribution in [0.15, 0.2) is 30.3 Å². The van der Waals surface area contributed by atoms with Gasteiger partial charge in [-0.2, -0.15) is 0 Å². The second-order valence-corrected chi connectivity index (χ2v) is 5.24. The van der Waals surface area contributed by atoms with Crippen molar-refractivity contribution in [1.29, 1.82) is 0 Å². The number of hydrogen-bond donors (Lipinski definition) is 2. The molecule has 0 saturated heterocycles. The van der Waals surface area contributed by atoms with Gasteiger partial charge in [-0.15, -0.1) is 0 Å². The molecule has 1 aromatic carbocycles. The van der Waals surface area contributed by atoms with E-state index < -0.39 is 11.8 Å². The molecule has 1 unspecified atom stereocenters. The Kier molecular flexibility index (Phi) is 8.22. The smallest absolute Gasteiger partial charge is 0.309 e. The van der Waals surface area contributed by atoms with Gasteiger partial charge in [0, 0.05) is 6.54 Å². The summed E-state index contributed by atoms with van der Waals surface area (Å²) in [5.41, 5.74) is 0.977. The number of hydrogen-bond acceptors (Lipinski definition) is 3. The second kappa shape index (κ2) is 9.95. The van der Waals surface area contributed by atoms with Crippen molar-refractivity contribution in [3.05, 3.63) is 35.9 Å². The molecule has 5 nitrogen and oxygen atoms in total. The summed E-state index contributed by atoms with van der Waals surface area (Å²) in [6.45, 7) is 9.53. The summed E-state index contributed by atoms with van der Waals surface area (Å²) in [5.74, 6) is -1.15. The minimum Gasteiger partial charge on any atom is -0.348 e. The molecular weight excluding hydrogens is 278 g/mol. The monoisotopic (exact) mass is 305 g/mol. The lowest BCUT2D eigenvalue weighted by molar-refractivity contribution is -0.139. The molecular formula is C17H27N3O2. The number of amides is 2. The molecule has 0 bridgehead atoms. The summed E-state index contributed by atoms with van der Waals surface area (Å²) in [5, 5.41) is 5.37. The zero-order valence-corrected chi connectivity index (χ0v) is 13.8. The maximum Gasteiger partial charge on any atom is 0.309 e. The van der Waals surface area contributed by atoms with Crippen molar-refractivity contribution < 1.29 is 9.59 Å². The van der Waals surface area contributed by atoms with E-state index in [1.165, 1.54) is 0 Å². The van der Waals surface area contributed by atoms with Gasteiger partial charge in [0.1, 0.15) is 0 Å². The highest BCUT2D eigenvalue weighted by molar-refractivity contribution is 6.35. The highest BCUT2D eigenvalue weighted by Crippen LogP contribution is 2.10. The quantitative estimate of drug-likeness (QED) is 0.568. The fourth-order valence-corrected chi connectivity index (χ4v) is 2.21. The first-order chi connectivity index (χ1) is 10.6. The van der Waals surface area contributed by atoms with Crippen LogP contribution >= 0.6 is 0 Å². The van der Waals surface area contributed by atoms with Crippen molar-refractivity contribution in [2.24, 2.45) is 0 Å². The predicted octanol–water partition coefficient (Wildman–Crippen LogP) is 1.71. The van der Waals surface area contributed by atoms with E-state index in [2.05, 4.69) is 29.4 Å². The summed E-state index contributed by atoms with van der Waals surface area (Å²) in [6, 6.07) is 9.40. The Morgan fingerprint density at radius 1 is 1.09 bits per heavy atom. The molecule has 0 spiro atoms. The zero-order valence-electron chi connectivity index (χ0n) is 13.8. The Labute approximate surface area is 133 Å². The number of benzene rings is 1. The predicted molar refractivity (Wildman–Crippen MR) is 88.4 cm³/mol. The van der Waals surface area contributed by atoms with Gasteiger partial charge in [0.25, 0.3) is 0 Å². The molecule has 0 fully saturated rings. The minimum absolute atomic E-state index is 0.185. The molecule has 0 heterocycles. The highest BCUT2D eigenvalue weighted by atomic mass is 16.2. The topological polar surface area (TPSA) is 61.4 Å². The minimum atomic E-state index is -0.584. The second-order valence-electron chi connectivity index (χ2n) is 5.24. The number of nitrogens with zero attached hydrogens (tertiary/aromatic N) is 1. The van der Waals surface area contributed by atoms with E-state index in [4.69, 9.17) is 0 Å². The molecule has 1 rings (SSSR count). The van der Waals surface area contributed by atoms with Crippen molar-refractivity contribution in [2.75, 3.05) is 26.2 Å². The molecule has 0 radical (unpaired) electrons. The molecule has 5 heteroatoms. The Morgan fingerprint density at radius 2 is 1.73 bits per heavy atom. The molecule has 0 saturated carbocycles. The van der Waals surface area contributed by atoms with Gasteiger partial charge < -0.3 is 15.5 Å². The molecule has 122 valence electrons. The van der Waals surface area contributed by atoms with Crippen LogP contribution in [0.3, 0.4) is 0 Å². The Morgan fingerprint density at radius 3 is 2.32 bits per heavy atom. The van der Waals surface area contributed by atoms with Crippen molar-refractivity contribution in [2.45, 2.75) is 33.2 Å². The summed E-state index contributed by atoms with van der Waals surface area (Å²) in [4.78, 5) is 25.9. The van der Waals surface area contributed by atoms with Gasteiger partial charge in [0.15, 0.2) is 0 Å². The van der Waals surface area contributed by atoms with Gasteiger partial charge >= 0.3 is 11.8 Å². The third-order valence-corrected chi connectivity index (χ3v) is 3.68. The standard InChI is InChI=1S/C17H27N3O2/c1-4-20(5-2)13-9-12-18-16(21)17(22)19-14(3)15-10-7-6-8-11-15/h6-8,10-11,14H,4-5,9,12-13H2,1-3H3,(H,18,21)(H,19,22). The van der Waals surface area contributed by atoms with E-state index in [1.807, 2.05) is 37.3 Å². The van der Waals surface area contributed by atoms with Gasteiger partial charge in [0.05, 0.1) is 6.04 Å². The molecule has 1 atom stereocenters. The average Bonchev–Trinajstić information content (AvgIpc) is 2.55. The van der Waals surface area contributed by atoms with Crippen LogP contribution in [-0.2, 0) is 9.59 Å². The van der Waals surface area contributed by atoms with Crippen molar-refractivity contribution in [3.63, 3.8) is 0 Å². The molecule has 0 aliphatic heterocycles. The first kappa shape index (κ1) is 18.2. The molecule has 22 heavy (non-hydrogen) atoms. The lowest BCUT2D eigenvalue weighted by atomic mass is 10.1. The van der Waals surface area contributed by atoms with E-state index in [9.17, 15) is 9.59 Å². The lowest BCUT2D eigenvalue weighted by Gasteiger charge is -2.18. The molecule has 2 amide bonds. The fraction of sp³-hybridized carbons (Fsp3) is 0.529. The summed E-state index contributed by atoms with van der Waals surface area (Å²) in [7, 11) is 0. The van der Waals surface area contributed by atoms with Crippen LogP contribution in [0.5, 0.6) is 0 Å². The molecule has 0 aromatic heterocycles. The summed E-state index contributed by atoms with van der Waals surface area (Å²) in [6.07, 6.45) is 0.842. The van der Waals surface area contributed by atoms with Crippen LogP contribution in [0.4, 0.5) is 0 Å². The number of carbonyl (C=O) groups is 2. The van der Waals surface area contributed by atoms with E-state index in [-0.39, 0.29) is 6.04 Å². The molecule has 0 aliphatic carbocycles. The Bertz CT molecular complexity index is 458. The largest absolute Gasteiger partial charge is 0.348 e. The van der Waals surface area contributed by atoms with Crippen molar-refractivity contribution in [1.82, 2.24) is 15.5 Å². The van der Waals surface area contributed by atoms with Crippen LogP contribution in [0, 0.1) is 0 Å². The fourth-order valence-electron chi connectivity index (χ4n) is 2.21. The van der Waals surface area contributed by atoms with Gasteiger partial charge in [0.2, 0.25) is 0 Å². The third-order valence-electron chi connectivity index (χ3n) is 3.68. The van der Waals surface area contributed by atoms with Crippen LogP contribution < -0.4 is 10.6 Å². The van der Waals surface area contributed by atoms with E-state index >= 15 is 0 Å². The lowest BCUT2D eigenvalue weighted by Crippen LogP contribution is -2.41. The Balaban J connectivity index is 2.29. The maximum atomic E-state index is 11.8. The van der Waals surface area contributed by atoms with Gasteiger partial charge in [-0.1, -0.05) is 44.2 Å². The van der Waals surface area contributed by atoms with Crippen molar-refractivity contribution in [3.8, 4) is 0 Å². The first-order valence-corrected chi connectivity index (χ1v) is 7.94. The molecule has 2 N–H and O–H groups in total. The maximum absolute atomic E-state index is 11.8. The number of carbonyl (C=O) groups excluding carboxylic acids is 2. The van der Waals surface area contributed by atoms with Crippen molar-refractivity contribution >= 4 is 11.8 Å². The Hall–Kier alpha value is -1.88. The van der Waals surface area contributed by atoms with Crippen LogP contribution in [0.1, 0.15) is 38.8 Å². The summed E-state index contributed by atoms with van der Waals surface area (Å²) >= 11 is 0. The first-order valence-electron chi connectivity index (χ1n) is 7.94. The molecule has 0 aliphatic rings. The van der Waals surface area contributed by atoms with Crippen LogP contribution in [0.2, 0.25) is 0 Å². The van der Waals surface area contributed by atoms with Gasteiger partial charge in [-0.05, 0) is 38.5 Å². The summed E-state index contributed by atoms with van der Waals surface area (Å²) < 4.78 is 0. The average molecular weight is 305 g/mol. The third kappa shape index (κ3) is 6.26. The van der Waals surface area contributed by atoms with Crippen LogP contribution in [0.25, 0.3) is 0 Å². The molecule has 1 aromatic rings. The van der Waals surface area contributed by atoms with E-state index in [0.717, 1.165) is 31.6 Å². The number of rotatable bonds is 8.